The Morgan fingerprint density at radius 3 is 2.53 bits per heavy atom. The summed E-state index contributed by atoms with van der Waals surface area (Å²) in [6.07, 6.45) is -3.34. The SMILES string of the molecule is COC1CN(CCn2c3cc(C)c(F)cc3c3ccnc(C(F)(F)F)c32)CC1C.Cl. The van der Waals surface area contributed by atoms with E-state index in [2.05, 4.69) is 16.8 Å². The molecule has 9 heteroatoms. The number of alkyl halides is 3. The molecule has 2 atom stereocenters. The number of fused-ring (bicyclic) bond motifs is 3. The predicted molar refractivity (Wildman–Crippen MR) is 111 cm³/mol. The number of nitrogens with zero attached hydrogens (tertiary/aromatic N) is 3. The van der Waals surface area contributed by atoms with Crippen LogP contribution in [-0.4, -0.2) is 47.3 Å². The van der Waals surface area contributed by atoms with Gasteiger partial charge in [0.2, 0.25) is 0 Å². The lowest BCUT2D eigenvalue weighted by Gasteiger charge is -2.18. The number of likely N-dealkylation sites (tertiary alicyclic amines) is 1. The van der Waals surface area contributed by atoms with Crippen molar-refractivity contribution in [3.05, 3.63) is 41.5 Å². The van der Waals surface area contributed by atoms with Gasteiger partial charge in [0.25, 0.3) is 0 Å². The van der Waals surface area contributed by atoms with Gasteiger partial charge in [0.15, 0.2) is 5.69 Å². The Morgan fingerprint density at radius 1 is 1.17 bits per heavy atom. The molecule has 2 aromatic heterocycles. The van der Waals surface area contributed by atoms with Gasteiger partial charge in [-0.3, -0.25) is 4.90 Å². The zero-order valence-electron chi connectivity index (χ0n) is 17.0. The van der Waals surface area contributed by atoms with E-state index in [1.54, 1.807) is 24.7 Å². The monoisotopic (exact) mass is 445 g/mol. The zero-order valence-corrected chi connectivity index (χ0v) is 17.8. The molecule has 0 radical (unpaired) electrons. The van der Waals surface area contributed by atoms with Gasteiger partial charge in [0, 0.05) is 55.8 Å². The van der Waals surface area contributed by atoms with Gasteiger partial charge in [-0.1, -0.05) is 6.92 Å². The second-order valence-corrected chi connectivity index (χ2v) is 7.83. The highest BCUT2D eigenvalue weighted by Crippen LogP contribution is 2.38. The summed E-state index contributed by atoms with van der Waals surface area (Å²) in [5, 5.41) is 0.839. The molecule has 0 aliphatic carbocycles. The van der Waals surface area contributed by atoms with Crippen LogP contribution in [0.3, 0.4) is 0 Å². The van der Waals surface area contributed by atoms with E-state index in [0.717, 1.165) is 19.3 Å². The van der Waals surface area contributed by atoms with Crippen LogP contribution in [0.25, 0.3) is 21.8 Å². The molecule has 1 aromatic carbocycles. The number of hydrogen-bond acceptors (Lipinski definition) is 3. The van der Waals surface area contributed by atoms with Crippen molar-refractivity contribution in [2.45, 2.75) is 32.7 Å². The summed E-state index contributed by atoms with van der Waals surface area (Å²) in [7, 11) is 1.68. The molecule has 3 heterocycles. The van der Waals surface area contributed by atoms with Gasteiger partial charge < -0.3 is 9.30 Å². The second-order valence-electron chi connectivity index (χ2n) is 7.83. The van der Waals surface area contributed by atoms with Gasteiger partial charge in [0.05, 0.1) is 11.6 Å². The van der Waals surface area contributed by atoms with Crippen molar-refractivity contribution < 1.29 is 22.3 Å². The van der Waals surface area contributed by atoms with Crippen LogP contribution in [0.5, 0.6) is 0 Å². The number of hydrogen-bond donors (Lipinski definition) is 0. The predicted octanol–water partition coefficient (Wildman–Crippen LogP) is 5.04. The smallest absolute Gasteiger partial charge is 0.380 e. The molecule has 0 amide bonds. The molecule has 0 bridgehead atoms. The Balaban J connectivity index is 0.00000256. The number of halogens is 5. The number of aryl methyl sites for hydroxylation is 1. The standard InChI is InChI=1S/C21H23F4N3O.ClH/c1-12-8-17-15(9-16(12)22)14-4-5-26-20(21(23,24)25)19(14)28(17)7-6-27-10-13(2)18(11-27)29-3;/h4-5,8-9,13,18H,6-7,10-11H2,1-3H3;1H. The van der Waals surface area contributed by atoms with Crippen LogP contribution in [-0.2, 0) is 17.5 Å². The van der Waals surface area contributed by atoms with E-state index in [4.69, 9.17) is 4.74 Å². The number of methoxy groups -OCH3 is 1. The minimum Gasteiger partial charge on any atom is -0.380 e. The molecule has 2 unspecified atom stereocenters. The van der Waals surface area contributed by atoms with Gasteiger partial charge in [-0.15, -0.1) is 12.4 Å². The molecule has 0 saturated carbocycles. The fourth-order valence-electron chi connectivity index (χ4n) is 4.37. The van der Waals surface area contributed by atoms with Gasteiger partial charge in [-0.25, -0.2) is 9.37 Å². The van der Waals surface area contributed by atoms with Crippen LogP contribution in [0.4, 0.5) is 17.6 Å². The zero-order chi connectivity index (χ0) is 20.9. The lowest BCUT2D eigenvalue weighted by molar-refractivity contribution is -0.140. The summed E-state index contributed by atoms with van der Waals surface area (Å²) < 4.78 is 62.4. The first-order valence-electron chi connectivity index (χ1n) is 9.60. The molecule has 0 N–H and O–H groups in total. The van der Waals surface area contributed by atoms with E-state index in [0.29, 0.717) is 40.9 Å². The van der Waals surface area contributed by atoms with E-state index in [9.17, 15) is 17.6 Å². The maximum absolute atomic E-state index is 14.2. The summed E-state index contributed by atoms with van der Waals surface area (Å²) in [6, 6.07) is 4.47. The Labute approximate surface area is 178 Å². The first-order valence-corrected chi connectivity index (χ1v) is 9.60. The average molecular weight is 446 g/mol. The van der Waals surface area contributed by atoms with Gasteiger partial charge >= 0.3 is 6.18 Å². The molecule has 4 rings (SSSR count). The van der Waals surface area contributed by atoms with Gasteiger partial charge in [0.1, 0.15) is 5.82 Å². The number of aromatic nitrogens is 2. The quantitative estimate of drug-likeness (QED) is 0.527. The normalized spacial score (nSPS) is 20.2. The lowest BCUT2D eigenvalue weighted by atomic mass is 10.1. The highest BCUT2D eigenvalue weighted by Gasteiger charge is 2.37. The minimum absolute atomic E-state index is 0. The summed E-state index contributed by atoms with van der Waals surface area (Å²) >= 11 is 0. The molecule has 164 valence electrons. The highest BCUT2D eigenvalue weighted by atomic mass is 35.5. The minimum atomic E-state index is -4.59. The third-order valence-corrected chi connectivity index (χ3v) is 5.88. The van der Waals surface area contributed by atoms with E-state index >= 15 is 0 Å². The first kappa shape index (κ1) is 22.8. The van der Waals surface area contributed by atoms with E-state index in [-0.39, 0.29) is 24.0 Å². The molecule has 1 saturated heterocycles. The fourth-order valence-corrected chi connectivity index (χ4v) is 4.37. The van der Waals surface area contributed by atoms with Crippen molar-refractivity contribution in [1.82, 2.24) is 14.5 Å². The third kappa shape index (κ3) is 3.88. The number of pyridine rings is 1. The second kappa shape index (κ2) is 8.32. The van der Waals surface area contributed by atoms with Crippen LogP contribution in [0, 0.1) is 18.7 Å². The molecular weight excluding hydrogens is 422 g/mol. The van der Waals surface area contributed by atoms with Gasteiger partial charge in [-0.05, 0) is 36.6 Å². The van der Waals surface area contributed by atoms with E-state index in [1.165, 1.54) is 12.1 Å². The number of ether oxygens (including phenoxy) is 1. The Kier molecular flexibility index (Phi) is 6.32. The summed E-state index contributed by atoms with van der Waals surface area (Å²) in [5.74, 6) is -0.0693. The fraction of sp³-hybridized carbons (Fsp3) is 0.476. The van der Waals surface area contributed by atoms with Gasteiger partial charge in [-0.2, -0.15) is 13.2 Å². The highest BCUT2D eigenvalue weighted by molar-refractivity contribution is 6.09. The molecule has 1 fully saturated rings. The van der Waals surface area contributed by atoms with Crippen LogP contribution < -0.4 is 0 Å². The van der Waals surface area contributed by atoms with Crippen LogP contribution >= 0.6 is 12.4 Å². The van der Waals surface area contributed by atoms with Crippen molar-refractivity contribution in [2.75, 3.05) is 26.7 Å². The molecule has 0 spiro atoms. The summed E-state index contributed by atoms with van der Waals surface area (Å²) in [5.41, 5.74) is 0.0645. The Bertz CT molecular complexity index is 1070. The lowest BCUT2D eigenvalue weighted by Crippen LogP contribution is -2.27. The Morgan fingerprint density at radius 2 is 1.90 bits per heavy atom. The van der Waals surface area contributed by atoms with Crippen LogP contribution in [0.15, 0.2) is 24.4 Å². The summed E-state index contributed by atoms with van der Waals surface area (Å²) in [6.45, 7) is 6.21. The van der Waals surface area contributed by atoms with E-state index in [1.807, 2.05) is 0 Å². The third-order valence-electron chi connectivity index (χ3n) is 5.88. The molecule has 4 nitrogen and oxygen atoms in total. The summed E-state index contributed by atoms with van der Waals surface area (Å²) in [4.78, 5) is 5.81. The number of rotatable bonds is 4. The Hall–Kier alpha value is -1.90. The maximum atomic E-state index is 14.2. The van der Waals surface area contributed by atoms with E-state index < -0.39 is 17.7 Å². The maximum Gasteiger partial charge on any atom is 0.435 e. The number of benzene rings is 1. The van der Waals surface area contributed by atoms with Crippen molar-refractivity contribution in [3.63, 3.8) is 0 Å². The topological polar surface area (TPSA) is 30.3 Å². The molecule has 1 aliphatic rings. The largest absolute Gasteiger partial charge is 0.435 e. The van der Waals surface area contributed by atoms with Crippen molar-refractivity contribution in [3.8, 4) is 0 Å². The molecular formula is C21H24ClF4N3O. The molecule has 3 aromatic rings. The first-order chi connectivity index (χ1) is 13.7. The van der Waals surface area contributed by atoms with Crippen molar-refractivity contribution in [1.29, 1.82) is 0 Å². The molecule has 1 aliphatic heterocycles. The average Bonchev–Trinajstić information content (AvgIpc) is 3.17. The van der Waals surface area contributed by atoms with Crippen molar-refractivity contribution >= 4 is 34.2 Å². The van der Waals surface area contributed by atoms with Crippen LogP contribution in [0.2, 0.25) is 0 Å². The van der Waals surface area contributed by atoms with Crippen LogP contribution in [0.1, 0.15) is 18.2 Å². The van der Waals surface area contributed by atoms with Crippen molar-refractivity contribution in [2.24, 2.45) is 5.92 Å². The molecule has 30 heavy (non-hydrogen) atoms.